The number of piperidine rings is 1. The van der Waals surface area contributed by atoms with Crippen LogP contribution in [0.1, 0.15) is 63.9 Å². The van der Waals surface area contributed by atoms with E-state index in [4.69, 9.17) is 4.52 Å². The summed E-state index contributed by atoms with van der Waals surface area (Å²) >= 11 is 0. The largest absolute Gasteiger partial charge is 0.385 e. The Hall–Kier alpha value is -0.940. The third-order valence-corrected chi connectivity index (χ3v) is 3.32. The normalized spacial score (nSPS) is 24.2. The van der Waals surface area contributed by atoms with Crippen LogP contribution >= 0.6 is 0 Å². The highest BCUT2D eigenvalue weighted by molar-refractivity contribution is 4.97. The Bertz CT molecular complexity index is 362. The summed E-state index contributed by atoms with van der Waals surface area (Å²) in [7, 11) is 0. The summed E-state index contributed by atoms with van der Waals surface area (Å²) < 4.78 is 5.28. The van der Waals surface area contributed by atoms with Gasteiger partial charge in [-0.2, -0.15) is 4.98 Å². The van der Waals surface area contributed by atoms with Crippen molar-refractivity contribution in [3.63, 3.8) is 0 Å². The molecule has 0 amide bonds. The van der Waals surface area contributed by atoms with Crippen LogP contribution < -0.4 is 0 Å². The van der Waals surface area contributed by atoms with Crippen LogP contribution in [0.5, 0.6) is 0 Å². The first kappa shape index (κ1) is 12.5. The van der Waals surface area contributed by atoms with Crippen molar-refractivity contribution in [2.75, 3.05) is 6.54 Å². The number of aliphatic hydroxyl groups is 1. The van der Waals surface area contributed by atoms with Crippen molar-refractivity contribution in [3.05, 3.63) is 11.7 Å². The van der Waals surface area contributed by atoms with Crippen molar-refractivity contribution in [1.82, 2.24) is 15.0 Å². The Labute approximate surface area is 102 Å². The van der Waals surface area contributed by atoms with Gasteiger partial charge in [-0.1, -0.05) is 11.6 Å². The number of likely N-dealkylation sites (tertiary alicyclic amines) is 1. The highest BCUT2D eigenvalue weighted by atomic mass is 16.5. The van der Waals surface area contributed by atoms with Gasteiger partial charge in [0.2, 0.25) is 5.89 Å². The minimum Gasteiger partial charge on any atom is -0.385 e. The van der Waals surface area contributed by atoms with E-state index in [9.17, 15) is 5.11 Å². The molecule has 2 atom stereocenters. The number of hydrogen-bond acceptors (Lipinski definition) is 5. The molecular weight excluding hydrogens is 218 g/mol. The van der Waals surface area contributed by atoms with Crippen LogP contribution in [0.15, 0.2) is 4.52 Å². The fraction of sp³-hybridized carbons (Fsp3) is 0.833. The third kappa shape index (κ3) is 2.66. The van der Waals surface area contributed by atoms with Gasteiger partial charge in [-0.15, -0.1) is 0 Å². The Morgan fingerprint density at radius 3 is 2.71 bits per heavy atom. The molecule has 2 heterocycles. The van der Waals surface area contributed by atoms with Crippen LogP contribution in [0.25, 0.3) is 0 Å². The van der Waals surface area contributed by atoms with E-state index in [1.165, 1.54) is 12.8 Å². The predicted octanol–water partition coefficient (Wildman–Crippen LogP) is 2.06. The molecule has 1 aromatic rings. The highest BCUT2D eigenvalue weighted by Gasteiger charge is 2.30. The van der Waals surface area contributed by atoms with Crippen molar-refractivity contribution in [2.45, 2.75) is 58.2 Å². The lowest BCUT2D eigenvalue weighted by Crippen LogP contribution is -2.38. The predicted molar refractivity (Wildman–Crippen MR) is 63.4 cm³/mol. The van der Waals surface area contributed by atoms with Crippen LogP contribution in [0, 0.1) is 0 Å². The first-order valence-corrected chi connectivity index (χ1v) is 6.37. The van der Waals surface area contributed by atoms with Crippen LogP contribution in [0.3, 0.4) is 0 Å². The van der Waals surface area contributed by atoms with Gasteiger partial charge >= 0.3 is 0 Å². The van der Waals surface area contributed by atoms with Gasteiger partial charge in [0.05, 0.1) is 6.04 Å². The minimum absolute atomic E-state index is 0.212. The van der Waals surface area contributed by atoms with Gasteiger partial charge < -0.3 is 9.63 Å². The van der Waals surface area contributed by atoms with Gasteiger partial charge in [0.25, 0.3) is 0 Å². The first-order chi connectivity index (χ1) is 8.09. The number of aliphatic hydroxyl groups excluding tert-OH is 1. The van der Waals surface area contributed by atoms with Crippen LogP contribution in [0.4, 0.5) is 0 Å². The third-order valence-electron chi connectivity index (χ3n) is 3.32. The summed E-state index contributed by atoms with van der Waals surface area (Å²) in [6, 6.07) is 0.686. The van der Waals surface area contributed by atoms with E-state index in [-0.39, 0.29) is 6.04 Å². The van der Waals surface area contributed by atoms with Gasteiger partial charge in [-0.05, 0) is 40.2 Å². The molecule has 0 bridgehead atoms. The van der Waals surface area contributed by atoms with E-state index < -0.39 is 6.10 Å². The SMILES string of the molecule is CC(O)c1noc(C2CCCCN2C(C)C)n1. The maximum Gasteiger partial charge on any atom is 0.244 e. The number of nitrogens with zero attached hydrogens (tertiary/aromatic N) is 3. The van der Waals surface area contributed by atoms with Crippen molar-refractivity contribution in [1.29, 1.82) is 0 Å². The van der Waals surface area contributed by atoms with Crippen LogP contribution in [0.2, 0.25) is 0 Å². The molecule has 96 valence electrons. The zero-order valence-corrected chi connectivity index (χ0v) is 10.8. The van der Waals surface area contributed by atoms with E-state index in [1.54, 1.807) is 6.92 Å². The second kappa shape index (κ2) is 5.14. The molecule has 1 aliphatic heterocycles. The van der Waals surface area contributed by atoms with E-state index in [2.05, 4.69) is 28.9 Å². The fourth-order valence-electron chi connectivity index (χ4n) is 2.39. The van der Waals surface area contributed by atoms with E-state index in [0.717, 1.165) is 13.0 Å². The van der Waals surface area contributed by atoms with Gasteiger partial charge in [0, 0.05) is 6.04 Å². The van der Waals surface area contributed by atoms with Gasteiger partial charge in [0.1, 0.15) is 6.10 Å². The van der Waals surface area contributed by atoms with Crippen molar-refractivity contribution in [2.24, 2.45) is 0 Å². The summed E-state index contributed by atoms with van der Waals surface area (Å²) in [5.41, 5.74) is 0. The van der Waals surface area contributed by atoms with E-state index in [1.807, 2.05) is 0 Å². The lowest BCUT2D eigenvalue weighted by atomic mass is 10.0. The molecule has 2 unspecified atom stereocenters. The lowest BCUT2D eigenvalue weighted by molar-refractivity contribution is 0.0874. The monoisotopic (exact) mass is 239 g/mol. The number of rotatable bonds is 3. The molecule has 0 aliphatic carbocycles. The molecule has 1 aliphatic rings. The summed E-state index contributed by atoms with van der Waals surface area (Å²) in [5.74, 6) is 1.03. The zero-order chi connectivity index (χ0) is 12.4. The van der Waals surface area contributed by atoms with E-state index in [0.29, 0.717) is 17.8 Å². The second-order valence-electron chi connectivity index (χ2n) is 5.01. The smallest absolute Gasteiger partial charge is 0.244 e. The average molecular weight is 239 g/mol. The maximum atomic E-state index is 9.41. The maximum absolute atomic E-state index is 9.41. The van der Waals surface area contributed by atoms with Gasteiger partial charge in [-0.3, -0.25) is 4.90 Å². The standard InChI is InChI=1S/C12H21N3O2/c1-8(2)15-7-5-4-6-10(15)12-13-11(9(3)16)14-17-12/h8-10,16H,4-7H2,1-3H3. The topological polar surface area (TPSA) is 62.4 Å². The molecule has 0 radical (unpaired) electrons. The second-order valence-corrected chi connectivity index (χ2v) is 5.01. The lowest BCUT2D eigenvalue weighted by Gasteiger charge is -2.36. The molecule has 0 spiro atoms. The summed E-state index contributed by atoms with van der Waals surface area (Å²) in [5, 5.41) is 13.2. The molecule has 0 aromatic carbocycles. The average Bonchev–Trinajstić information content (AvgIpc) is 2.78. The van der Waals surface area contributed by atoms with Crippen LogP contribution in [-0.4, -0.2) is 32.7 Å². The highest BCUT2D eigenvalue weighted by Crippen LogP contribution is 2.31. The van der Waals surface area contributed by atoms with Crippen LogP contribution in [-0.2, 0) is 0 Å². The molecule has 1 aromatic heterocycles. The number of hydrogen-bond donors (Lipinski definition) is 1. The van der Waals surface area contributed by atoms with E-state index >= 15 is 0 Å². The summed E-state index contributed by atoms with van der Waals surface area (Å²) in [4.78, 5) is 6.69. The fourth-order valence-corrected chi connectivity index (χ4v) is 2.39. The Balaban J connectivity index is 2.17. The van der Waals surface area contributed by atoms with Crippen molar-refractivity contribution >= 4 is 0 Å². The summed E-state index contributed by atoms with van der Waals surface area (Å²) in [6.07, 6.45) is 2.81. The summed E-state index contributed by atoms with van der Waals surface area (Å²) in [6.45, 7) is 7.10. The molecule has 0 saturated carbocycles. The van der Waals surface area contributed by atoms with Gasteiger partial charge in [0.15, 0.2) is 5.82 Å². The first-order valence-electron chi connectivity index (χ1n) is 6.37. The van der Waals surface area contributed by atoms with Gasteiger partial charge in [-0.25, -0.2) is 0 Å². The molecular formula is C12H21N3O2. The molecule has 1 fully saturated rings. The van der Waals surface area contributed by atoms with Crippen molar-refractivity contribution in [3.8, 4) is 0 Å². The molecule has 1 saturated heterocycles. The minimum atomic E-state index is -0.663. The Morgan fingerprint density at radius 1 is 1.35 bits per heavy atom. The molecule has 5 heteroatoms. The molecule has 17 heavy (non-hydrogen) atoms. The molecule has 2 rings (SSSR count). The number of aromatic nitrogens is 2. The zero-order valence-electron chi connectivity index (χ0n) is 10.8. The Morgan fingerprint density at radius 2 is 2.12 bits per heavy atom. The molecule has 5 nitrogen and oxygen atoms in total. The quantitative estimate of drug-likeness (QED) is 0.874. The van der Waals surface area contributed by atoms with Crippen molar-refractivity contribution < 1.29 is 9.63 Å². The molecule has 1 N–H and O–H groups in total. The Kier molecular flexibility index (Phi) is 3.79.